The van der Waals surface area contributed by atoms with Gasteiger partial charge in [0.05, 0.1) is 20.8 Å². The van der Waals surface area contributed by atoms with Crippen LogP contribution in [0.25, 0.3) is 16.3 Å². The molecule has 0 saturated carbocycles. The average molecular weight is 430 g/mol. The molecule has 0 aliphatic carbocycles. The van der Waals surface area contributed by atoms with E-state index >= 15 is 0 Å². The Hall–Kier alpha value is -2.77. The number of carbonyl (C=O) groups is 2. The maximum absolute atomic E-state index is 13.2. The van der Waals surface area contributed by atoms with Crippen molar-refractivity contribution in [2.45, 2.75) is 0 Å². The highest BCUT2D eigenvalue weighted by atomic mass is 35.5. The predicted octanol–water partition coefficient (Wildman–Crippen LogP) is 4.09. The van der Waals surface area contributed by atoms with E-state index < -0.39 is 5.82 Å². The number of benzene rings is 2. The molecule has 8 heteroatoms. The number of thiazole rings is 1. The summed E-state index contributed by atoms with van der Waals surface area (Å²) >= 11 is 7.51. The van der Waals surface area contributed by atoms with Gasteiger partial charge in [-0.05, 0) is 36.4 Å². The number of rotatable bonds is 3. The lowest BCUT2D eigenvalue weighted by Crippen LogP contribution is -2.50. The summed E-state index contributed by atoms with van der Waals surface area (Å²) in [5, 5.41) is 0.867. The molecule has 0 spiro atoms. The molecule has 148 valence electrons. The Morgan fingerprint density at radius 1 is 1.07 bits per heavy atom. The molecule has 0 bridgehead atoms. The van der Waals surface area contributed by atoms with E-state index in [2.05, 4.69) is 4.98 Å². The Kier molecular flexibility index (Phi) is 5.60. The molecule has 1 aliphatic rings. The molecule has 29 heavy (non-hydrogen) atoms. The number of halogens is 2. The lowest BCUT2D eigenvalue weighted by Gasteiger charge is -2.34. The van der Waals surface area contributed by atoms with E-state index in [0.717, 1.165) is 21.3 Å². The van der Waals surface area contributed by atoms with Crippen LogP contribution < -0.4 is 0 Å². The fourth-order valence-electron chi connectivity index (χ4n) is 3.17. The van der Waals surface area contributed by atoms with Crippen molar-refractivity contribution in [3.05, 3.63) is 70.0 Å². The van der Waals surface area contributed by atoms with E-state index in [1.165, 1.54) is 29.5 Å². The number of nitrogens with zero attached hydrogens (tertiary/aromatic N) is 3. The number of para-hydroxylation sites is 1. The van der Waals surface area contributed by atoms with Crippen LogP contribution in [0, 0.1) is 5.82 Å². The second-order valence-electron chi connectivity index (χ2n) is 6.59. The maximum Gasteiger partial charge on any atom is 0.255 e. The first-order valence-electron chi connectivity index (χ1n) is 9.08. The number of hydrogen-bond donors (Lipinski definition) is 0. The molecule has 0 atom stereocenters. The molecular weight excluding hydrogens is 413 g/mol. The average Bonchev–Trinajstić information content (AvgIpc) is 3.15. The number of carbonyl (C=O) groups excluding carboxylic acids is 2. The Morgan fingerprint density at radius 3 is 2.52 bits per heavy atom. The summed E-state index contributed by atoms with van der Waals surface area (Å²) in [5.74, 6) is -0.856. The zero-order chi connectivity index (χ0) is 20.4. The smallest absolute Gasteiger partial charge is 0.255 e. The summed E-state index contributed by atoms with van der Waals surface area (Å²) in [6, 6.07) is 11.6. The zero-order valence-corrected chi connectivity index (χ0v) is 16.9. The van der Waals surface area contributed by atoms with Crippen LogP contribution in [0.3, 0.4) is 0 Å². The van der Waals surface area contributed by atoms with Gasteiger partial charge >= 0.3 is 0 Å². The second kappa shape index (κ2) is 8.31. The van der Waals surface area contributed by atoms with Crippen LogP contribution >= 0.6 is 22.9 Å². The summed E-state index contributed by atoms with van der Waals surface area (Å²) in [6.45, 7) is 1.64. The van der Waals surface area contributed by atoms with Gasteiger partial charge in [0.2, 0.25) is 5.91 Å². The molecule has 0 unspecified atom stereocenters. The molecule has 2 aromatic carbocycles. The van der Waals surface area contributed by atoms with Gasteiger partial charge in [-0.15, -0.1) is 11.3 Å². The fourth-order valence-corrected chi connectivity index (χ4v) is 4.29. The van der Waals surface area contributed by atoms with Crippen molar-refractivity contribution in [2.75, 3.05) is 26.2 Å². The standard InChI is InChI=1S/C21H17ClFN3O2S/c22-16-13-14(23)5-6-15(16)21(28)26-11-9-25(10-12-26)20(27)8-7-19-24-17-3-1-2-4-18(17)29-19/h1-8,13H,9-12H2/b8-7+. The maximum atomic E-state index is 13.2. The summed E-state index contributed by atoms with van der Waals surface area (Å²) in [7, 11) is 0. The second-order valence-corrected chi connectivity index (χ2v) is 8.06. The Balaban J connectivity index is 1.36. The highest BCUT2D eigenvalue weighted by molar-refractivity contribution is 7.19. The summed E-state index contributed by atoms with van der Waals surface area (Å²) in [5.41, 5.74) is 1.18. The number of aromatic nitrogens is 1. The minimum Gasteiger partial charge on any atom is -0.336 e. The minimum atomic E-state index is -0.484. The quantitative estimate of drug-likeness (QED) is 0.589. The summed E-state index contributed by atoms with van der Waals surface area (Å²) < 4.78 is 14.3. The molecule has 1 saturated heterocycles. The molecule has 0 radical (unpaired) electrons. The van der Waals surface area contributed by atoms with Gasteiger partial charge in [-0.2, -0.15) is 0 Å². The highest BCUT2D eigenvalue weighted by Crippen LogP contribution is 2.23. The molecule has 2 heterocycles. The third-order valence-electron chi connectivity index (χ3n) is 4.72. The molecule has 5 nitrogen and oxygen atoms in total. The van der Waals surface area contributed by atoms with E-state index in [9.17, 15) is 14.0 Å². The fraction of sp³-hybridized carbons (Fsp3) is 0.190. The lowest BCUT2D eigenvalue weighted by molar-refractivity contribution is -0.127. The molecule has 3 aromatic rings. The van der Waals surface area contributed by atoms with E-state index in [1.54, 1.807) is 15.9 Å². The van der Waals surface area contributed by atoms with Crippen molar-refractivity contribution < 1.29 is 14.0 Å². The monoisotopic (exact) mass is 429 g/mol. The van der Waals surface area contributed by atoms with Crippen molar-refractivity contribution in [1.82, 2.24) is 14.8 Å². The topological polar surface area (TPSA) is 53.5 Å². The molecular formula is C21H17ClFN3O2S. The molecule has 2 amide bonds. The zero-order valence-electron chi connectivity index (χ0n) is 15.3. The Labute approximate surface area is 176 Å². The van der Waals surface area contributed by atoms with E-state index in [1.807, 2.05) is 24.3 Å². The SMILES string of the molecule is O=C(/C=C/c1nc2ccccc2s1)N1CCN(C(=O)c2ccc(F)cc2Cl)CC1. The third kappa shape index (κ3) is 4.31. The largest absolute Gasteiger partial charge is 0.336 e. The van der Waals surface area contributed by atoms with Crippen LogP contribution in [0.5, 0.6) is 0 Å². The van der Waals surface area contributed by atoms with Crippen molar-refractivity contribution in [2.24, 2.45) is 0 Å². The first kappa shape index (κ1) is 19.5. The van der Waals surface area contributed by atoms with Crippen LogP contribution in [-0.2, 0) is 4.79 Å². The van der Waals surface area contributed by atoms with Crippen molar-refractivity contribution in [3.63, 3.8) is 0 Å². The minimum absolute atomic E-state index is 0.0901. The normalized spacial score (nSPS) is 14.7. The number of fused-ring (bicyclic) bond motifs is 1. The van der Waals surface area contributed by atoms with Gasteiger partial charge in [-0.1, -0.05) is 23.7 Å². The molecule has 0 N–H and O–H groups in total. The van der Waals surface area contributed by atoms with Gasteiger partial charge in [0.25, 0.3) is 5.91 Å². The van der Waals surface area contributed by atoms with Crippen LogP contribution in [0.15, 0.2) is 48.5 Å². The number of amides is 2. The van der Waals surface area contributed by atoms with Crippen LogP contribution in [0.2, 0.25) is 5.02 Å². The van der Waals surface area contributed by atoms with Crippen LogP contribution in [0.4, 0.5) is 4.39 Å². The number of piperazine rings is 1. The van der Waals surface area contributed by atoms with E-state index in [0.29, 0.717) is 26.2 Å². The van der Waals surface area contributed by atoms with Gasteiger partial charge < -0.3 is 9.80 Å². The summed E-state index contributed by atoms with van der Waals surface area (Å²) in [4.78, 5) is 32.9. The summed E-state index contributed by atoms with van der Waals surface area (Å²) in [6.07, 6.45) is 3.24. The predicted molar refractivity (Wildman–Crippen MR) is 113 cm³/mol. The van der Waals surface area contributed by atoms with Gasteiger partial charge in [0.1, 0.15) is 10.8 Å². The Bertz CT molecular complexity index is 1070. The first-order valence-corrected chi connectivity index (χ1v) is 10.3. The van der Waals surface area contributed by atoms with Gasteiger partial charge in [-0.25, -0.2) is 9.37 Å². The van der Waals surface area contributed by atoms with Crippen molar-refractivity contribution >= 4 is 51.0 Å². The van der Waals surface area contributed by atoms with E-state index in [4.69, 9.17) is 11.6 Å². The first-order chi connectivity index (χ1) is 14.0. The van der Waals surface area contributed by atoms with E-state index in [-0.39, 0.29) is 22.4 Å². The molecule has 1 aromatic heterocycles. The van der Waals surface area contributed by atoms with Crippen molar-refractivity contribution in [3.8, 4) is 0 Å². The highest BCUT2D eigenvalue weighted by Gasteiger charge is 2.25. The van der Waals surface area contributed by atoms with Crippen LogP contribution in [0.1, 0.15) is 15.4 Å². The molecule has 1 fully saturated rings. The van der Waals surface area contributed by atoms with Crippen molar-refractivity contribution in [1.29, 1.82) is 0 Å². The van der Waals surface area contributed by atoms with Gasteiger partial charge in [0, 0.05) is 32.3 Å². The molecule has 4 rings (SSSR count). The third-order valence-corrected chi connectivity index (χ3v) is 6.03. The van der Waals surface area contributed by atoms with Gasteiger partial charge in [0.15, 0.2) is 0 Å². The van der Waals surface area contributed by atoms with Crippen LogP contribution in [-0.4, -0.2) is 52.8 Å². The lowest BCUT2D eigenvalue weighted by atomic mass is 10.1. The van der Waals surface area contributed by atoms with Gasteiger partial charge in [-0.3, -0.25) is 9.59 Å². The number of hydrogen-bond acceptors (Lipinski definition) is 4. The molecule has 1 aliphatic heterocycles. The Morgan fingerprint density at radius 2 is 1.79 bits per heavy atom.